The third-order valence-corrected chi connectivity index (χ3v) is 6.07. The third-order valence-electron chi connectivity index (χ3n) is 5.11. The smallest absolute Gasteiger partial charge is 0.275 e. The first-order valence-electron chi connectivity index (χ1n) is 9.05. The molecule has 1 fully saturated rings. The molecule has 2 aromatic rings. The van der Waals surface area contributed by atoms with Crippen molar-refractivity contribution in [2.75, 3.05) is 31.4 Å². The van der Waals surface area contributed by atoms with Gasteiger partial charge in [-0.2, -0.15) is 0 Å². The van der Waals surface area contributed by atoms with Crippen molar-refractivity contribution in [3.05, 3.63) is 47.7 Å². The second-order valence-electron chi connectivity index (χ2n) is 6.82. The number of amidine groups is 1. The molecule has 152 valence electrons. The third kappa shape index (κ3) is 3.77. The second-order valence-corrected chi connectivity index (χ2v) is 7.86. The van der Waals surface area contributed by atoms with Crippen LogP contribution in [0.1, 0.15) is 22.5 Å². The molecule has 8 nitrogen and oxygen atoms in total. The summed E-state index contributed by atoms with van der Waals surface area (Å²) in [5.41, 5.74) is 5.99. The summed E-state index contributed by atoms with van der Waals surface area (Å²) < 4.78 is 25.5. The van der Waals surface area contributed by atoms with Gasteiger partial charge in [0, 0.05) is 29.5 Å². The molecule has 1 aromatic carbocycles. The van der Waals surface area contributed by atoms with Crippen molar-refractivity contribution in [1.29, 1.82) is 0 Å². The summed E-state index contributed by atoms with van der Waals surface area (Å²) in [6.45, 7) is 0.855. The standard InChI is InChI=1S/C19H20FN5O3S/c1-27-16-8-22-15(7-23-16)17(26)24-12-2-3-14(20)13(6-12)19-10-28-5-4-11(19)9-29-18(21)25-19/h2-3,6-8,11H,4-5,9-10H2,1H3,(H2,21,25)(H,24,26)/t11-,19-/m0/s1. The molecule has 2 atom stereocenters. The highest BCUT2D eigenvalue weighted by Gasteiger charge is 2.47. The molecule has 0 spiro atoms. The SMILES string of the molecule is COc1cnc(C(=O)Nc2ccc(F)c([C@]34COCC[C@H]3CSC(N)=N4)c2)cn1. The topological polar surface area (TPSA) is 112 Å². The van der Waals surface area contributed by atoms with Crippen LogP contribution in [-0.4, -0.2) is 47.1 Å². The highest BCUT2D eigenvalue weighted by Crippen LogP contribution is 2.45. The van der Waals surface area contributed by atoms with E-state index in [1.54, 1.807) is 6.07 Å². The maximum Gasteiger partial charge on any atom is 0.275 e. The molecule has 0 saturated carbocycles. The minimum Gasteiger partial charge on any atom is -0.480 e. The number of hydrogen-bond acceptors (Lipinski definition) is 8. The Bertz CT molecular complexity index is 955. The molecular weight excluding hydrogens is 397 g/mol. The number of nitrogens with two attached hydrogens (primary N) is 1. The van der Waals surface area contributed by atoms with Crippen LogP contribution in [0.5, 0.6) is 5.88 Å². The number of nitrogens with one attached hydrogen (secondary N) is 1. The molecule has 0 aliphatic carbocycles. The highest BCUT2D eigenvalue weighted by molar-refractivity contribution is 8.13. The average molecular weight is 417 g/mol. The number of benzene rings is 1. The molecule has 0 radical (unpaired) electrons. The van der Waals surface area contributed by atoms with E-state index in [0.717, 1.165) is 12.2 Å². The fraction of sp³-hybridized carbons (Fsp3) is 0.368. The molecule has 10 heteroatoms. The van der Waals surface area contributed by atoms with Crippen LogP contribution in [0.3, 0.4) is 0 Å². The molecule has 1 aromatic heterocycles. The van der Waals surface area contributed by atoms with Gasteiger partial charge in [0.1, 0.15) is 17.1 Å². The maximum atomic E-state index is 14.9. The van der Waals surface area contributed by atoms with Crippen LogP contribution in [0.25, 0.3) is 0 Å². The number of thioether (sulfide) groups is 1. The molecule has 3 heterocycles. The van der Waals surface area contributed by atoms with Crippen molar-refractivity contribution in [3.63, 3.8) is 0 Å². The van der Waals surface area contributed by atoms with Crippen molar-refractivity contribution in [3.8, 4) is 5.88 Å². The summed E-state index contributed by atoms with van der Waals surface area (Å²) in [4.78, 5) is 25.1. The van der Waals surface area contributed by atoms with Crippen molar-refractivity contribution in [2.24, 2.45) is 16.6 Å². The van der Waals surface area contributed by atoms with Crippen molar-refractivity contribution in [2.45, 2.75) is 12.0 Å². The number of amides is 1. The molecular formula is C19H20FN5O3S. The number of methoxy groups -OCH3 is 1. The molecule has 3 N–H and O–H groups in total. The van der Waals surface area contributed by atoms with Gasteiger partial charge in [-0.05, 0) is 24.6 Å². The number of nitrogens with zero attached hydrogens (tertiary/aromatic N) is 3. The average Bonchev–Trinajstić information content (AvgIpc) is 2.74. The van der Waals surface area contributed by atoms with E-state index >= 15 is 0 Å². The fourth-order valence-corrected chi connectivity index (χ4v) is 4.64. The molecule has 1 amide bonds. The normalized spacial score (nSPS) is 23.7. The summed E-state index contributed by atoms with van der Waals surface area (Å²) in [6, 6.07) is 4.41. The molecule has 2 aliphatic heterocycles. The predicted octanol–water partition coefficient (Wildman–Crippen LogP) is 2.17. The van der Waals surface area contributed by atoms with Gasteiger partial charge in [-0.15, -0.1) is 0 Å². The van der Waals surface area contributed by atoms with Crippen LogP contribution in [0, 0.1) is 11.7 Å². The summed E-state index contributed by atoms with van der Waals surface area (Å²) in [5.74, 6) is 0.274. The van der Waals surface area contributed by atoms with E-state index in [0.29, 0.717) is 28.9 Å². The zero-order chi connectivity index (χ0) is 20.4. The van der Waals surface area contributed by atoms with E-state index in [4.69, 9.17) is 15.2 Å². The van der Waals surface area contributed by atoms with Gasteiger partial charge in [0.15, 0.2) is 5.17 Å². The van der Waals surface area contributed by atoms with Crippen molar-refractivity contribution in [1.82, 2.24) is 9.97 Å². The van der Waals surface area contributed by atoms with Gasteiger partial charge >= 0.3 is 0 Å². The largest absolute Gasteiger partial charge is 0.480 e. The van der Waals surface area contributed by atoms with Crippen LogP contribution in [0.15, 0.2) is 35.6 Å². The van der Waals surface area contributed by atoms with E-state index in [-0.39, 0.29) is 18.2 Å². The Morgan fingerprint density at radius 3 is 3.03 bits per heavy atom. The number of aromatic nitrogens is 2. The lowest BCUT2D eigenvalue weighted by atomic mass is 9.76. The zero-order valence-electron chi connectivity index (χ0n) is 15.7. The van der Waals surface area contributed by atoms with Gasteiger partial charge in [-0.1, -0.05) is 11.8 Å². The minimum atomic E-state index is -0.891. The zero-order valence-corrected chi connectivity index (χ0v) is 16.5. The van der Waals surface area contributed by atoms with E-state index in [1.807, 2.05) is 0 Å². The monoisotopic (exact) mass is 417 g/mol. The van der Waals surface area contributed by atoms with E-state index < -0.39 is 17.3 Å². The van der Waals surface area contributed by atoms with Crippen LogP contribution in [0.4, 0.5) is 10.1 Å². The molecule has 29 heavy (non-hydrogen) atoms. The Balaban J connectivity index is 1.65. The summed E-state index contributed by atoms with van der Waals surface area (Å²) >= 11 is 1.47. The molecule has 4 rings (SSSR count). The number of aliphatic imine (C=N–C) groups is 1. The number of hydrogen-bond donors (Lipinski definition) is 2. The van der Waals surface area contributed by atoms with Crippen LogP contribution < -0.4 is 15.8 Å². The number of rotatable bonds is 4. The summed E-state index contributed by atoms with van der Waals surface area (Å²) in [7, 11) is 1.46. The molecule has 0 unspecified atom stereocenters. The Hall–Kier alpha value is -2.72. The first-order chi connectivity index (χ1) is 14.0. The van der Waals surface area contributed by atoms with Gasteiger partial charge in [0.05, 0.1) is 26.1 Å². The maximum absolute atomic E-state index is 14.9. The number of ether oxygens (including phenoxy) is 2. The van der Waals surface area contributed by atoms with Crippen molar-refractivity contribution < 1.29 is 18.7 Å². The lowest BCUT2D eigenvalue weighted by molar-refractivity contribution is 0.00304. The predicted molar refractivity (Wildman–Crippen MR) is 108 cm³/mol. The molecule has 1 saturated heterocycles. The number of carbonyl (C=O) groups excluding carboxylic acids is 1. The first kappa shape index (κ1) is 19.6. The molecule has 2 aliphatic rings. The first-order valence-corrected chi connectivity index (χ1v) is 10.0. The van der Waals surface area contributed by atoms with Gasteiger partial charge in [0.2, 0.25) is 5.88 Å². The van der Waals surface area contributed by atoms with Crippen LogP contribution in [0.2, 0.25) is 0 Å². The number of fused-ring (bicyclic) bond motifs is 1. The van der Waals surface area contributed by atoms with Crippen LogP contribution >= 0.6 is 11.8 Å². The highest BCUT2D eigenvalue weighted by atomic mass is 32.2. The number of carbonyl (C=O) groups is 1. The minimum absolute atomic E-state index is 0.0986. The summed E-state index contributed by atoms with van der Waals surface area (Å²) in [5, 5.41) is 3.14. The van der Waals surface area contributed by atoms with Crippen LogP contribution in [-0.2, 0) is 10.3 Å². The quantitative estimate of drug-likeness (QED) is 0.784. The van der Waals surface area contributed by atoms with Gasteiger partial charge in [-0.3, -0.25) is 4.79 Å². The fourth-order valence-electron chi connectivity index (χ4n) is 3.60. The van der Waals surface area contributed by atoms with E-state index in [9.17, 15) is 9.18 Å². The second kappa shape index (κ2) is 7.96. The van der Waals surface area contributed by atoms with Gasteiger partial charge in [0.25, 0.3) is 5.91 Å². The lowest BCUT2D eigenvalue weighted by Crippen LogP contribution is -2.48. The van der Waals surface area contributed by atoms with E-state index in [1.165, 1.54) is 43.4 Å². The number of anilines is 1. The van der Waals surface area contributed by atoms with Gasteiger partial charge in [-0.25, -0.2) is 19.4 Å². The van der Waals surface area contributed by atoms with Crippen molar-refractivity contribution >= 4 is 28.5 Å². The number of halogens is 1. The summed E-state index contributed by atoms with van der Waals surface area (Å²) in [6.07, 6.45) is 3.43. The molecule has 0 bridgehead atoms. The Labute approximate surface area is 171 Å². The van der Waals surface area contributed by atoms with E-state index in [2.05, 4.69) is 20.3 Å². The lowest BCUT2D eigenvalue weighted by Gasteiger charge is -2.43. The Morgan fingerprint density at radius 1 is 1.41 bits per heavy atom. The van der Waals surface area contributed by atoms with Gasteiger partial charge < -0.3 is 20.5 Å². The Morgan fingerprint density at radius 2 is 2.28 bits per heavy atom. The Kier molecular flexibility index (Phi) is 5.37.